The lowest BCUT2D eigenvalue weighted by atomic mass is 9.80. The zero-order chi connectivity index (χ0) is 12.5. The standard InChI is InChI=1S/C13H11ClFNO/c14-10-3-1-4-11(15)9(10)7-13(8-16)6-2-5-12(13)17/h1,3-4H,2,5-7H2. The van der Waals surface area contributed by atoms with Gasteiger partial charge < -0.3 is 0 Å². The van der Waals surface area contributed by atoms with E-state index in [1.165, 1.54) is 12.1 Å². The minimum absolute atomic E-state index is 0.0772. The van der Waals surface area contributed by atoms with Gasteiger partial charge in [-0.1, -0.05) is 17.7 Å². The highest BCUT2D eigenvalue weighted by Crippen LogP contribution is 2.39. The van der Waals surface area contributed by atoms with E-state index >= 15 is 0 Å². The first-order chi connectivity index (χ1) is 8.09. The van der Waals surface area contributed by atoms with Gasteiger partial charge in [0.15, 0.2) is 5.78 Å². The van der Waals surface area contributed by atoms with E-state index in [1.54, 1.807) is 6.07 Å². The molecule has 17 heavy (non-hydrogen) atoms. The van der Waals surface area contributed by atoms with Crippen LogP contribution in [0.1, 0.15) is 24.8 Å². The number of hydrogen-bond acceptors (Lipinski definition) is 2. The first-order valence-corrected chi connectivity index (χ1v) is 5.84. The number of nitrogens with zero attached hydrogens (tertiary/aromatic N) is 1. The van der Waals surface area contributed by atoms with Crippen LogP contribution in [0, 0.1) is 22.6 Å². The van der Waals surface area contributed by atoms with Crippen LogP contribution in [-0.2, 0) is 11.2 Å². The second kappa shape index (κ2) is 4.46. The van der Waals surface area contributed by atoms with Crippen molar-refractivity contribution in [2.45, 2.75) is 25.7 Å². The molecule has 0 radical (unpaired) electrons. The summed E-state index contributed by atoms with van der Waals surface area (Å²) in [5, 5.41) is 9.47. The molecule has 0 aromatic heterocycles. The van der Waals surface area contributed by atoms with Gasteiger partial charge >= 0.3 is 0 Å². The lowest BCUT2D eigenvalue weighted by Gasteiger charge is -2.19. The Balaban J connectivity index is 2.38. The molecule has 88 valence electrons. The molecule has 0 amide bonds. The Morgan fingerprint density at radius 3 is 2.82 bits per heavy atom. The van der Waals surface area contributed by atoms with Crippen molar-refractivity contribution in [3.8, 4) is 6.07 Å². The van der Waals surface area contributed by atoms with Crippen molar-refractivity contribution in [2.24, 2.45) is 5.41 Å². The molecule has 1 fully saturated rings. The lowest BCUT2D eigenvalue weighted by molar-refractivity contribution is -0.123. The third-order valence-electron chi connectivity index (χ3n) is 3.30. The minimum atomic E-state index is -1.08. The number of halogens is 2. The Morgan fingerprint density at radius 1 is 1.53 bits per heavy atom. The Labute approximate surface area is 104 Å². The molecule has 1 aliphatic carbocycles. The van der Waals surface area contributed by atoms with Gasteiger partial charge in [0.05, 0.1) is 6.07 Å². The quantitative estimate of drug-likeness (QED) is 0.809. The molecule has 0 heterocycles. The van der Waals surface area contributed by atoms with Gasteiger partial charge in [-0.05, 0) is 25.0 Å². The number of carbonyl (C=O) groups excluding carboxylic acids is 1. The van der Waals surface area contributed by atoms with Gasteiger partial charge in [0, 0.05) is 23.4 Å². The van der Waals surface area contributed by atoms with E-state index in [0.717, 1.165) is 0 Å². The topological polar surface area (TPSA) is 40.9 Å². The smallest absolute Gasteiger partial charge is 0.153 e. The van der Waals surface area contributed by atoms with Gasteiger partial charge in [-0.15, -0.1) is 0 Å². The molecule has 4 heteroatoms. The van der Waals surface area contributed by atoms with Crippen molar-refractivity contribution in [2.75, 3.05) is 0 Å². The van der Waals surface area contributed by atoms with Crippen LogP contribution in [0.4, 0.5) is 4.39 Å². The summed E-state index contributed by atoms with van der Waals surface area (Å²) in [5.74, 6) is -0.550. The van der Waals surface area contributed by atoms with E-state index in [1.807, 2.05) is 0 Å². The summed E-state index contributed by atoms with van der Waals surface area (Å²) in [6.45, 7) is 0. The third-order valence-corrected chi connectivity index (χ3v) is 3.65. The van der Waals surface area contributed by atoms with E-state index in [4.69, 9.17) is 11.6 Å². The van der Waals surface area contributed by atoms with Crippen LogP contribution in [0.2, 0.25) is 5.02 Å². The Hall–Kier alpha value is -1.40. The largest absolute Gasteiger partial charge is 0.298 e. The highest BCUT2D eigenvalue weighted by molar-refractivity contribution is 6.31. The minimum Gasteiger partial charge on any atom is -0.298 e. The number of carbonyl (C=O) groups is 1. The summed E-state index contributed by atoms with van der Waals surface area (Å²) in [5.41, 5.74) is -0.808. The van der Waals surface area contributed by atoms with Crippen molar-refractivity contribution in [1.29, 1.82) is 5.26 Å². The van der Waals surface area contributed by atoms with E-state index in [2.05, 4.69) is 6.07 Å². The molecule has 1 aromatic rings. The molecule has 1 saturated carbocycles. The molecule has 2 rings (SSSR count). The summed E-state index contributed by atoms with van der Waals surface area (Å²) in [6, 6.07) is 6.44. The summed E-state index contributed by atoms with van der Waals surface area (Å²) in [6.07, 6.45) is 1.67. The molecule has 0 N–H and O–H groups in total. The SMILES string of the molecule is N#CC1(Cc2c(F)cccc2Cl)CCCC1=O. The molecule has 1 aliphatic rings. The van der Waals surface area contributed by atoms with Gasteiger partial charge in [-0.25, -0.2) is 4.39 Å². The zero-order valence-corrected chi connectivity index (χ0v) is 9.93. The predicted octanol–water partition coefficient (Wildman–Crippen LogP) is 3.28. The van der Waals surface area contributed by atoms with Crippen molar-refractivity contribution in [3.63, 3.8) is 0 Å². The number of rotatable bonds is 2. The first-order valence-electron chi connectivity index (χ1n) is 5.46. The summed E-state index contributed by atoms with van der Waals surface area (Å²) >= 11 is 5.91. The second-order valence-electron chi connectivity index (χ2n) is 4.35. The summed E-state index contributed by atoms with van der Waals surface area (Å²) < 4.78 is 13.6. The van der Waals surface area contributed by atoms with Gasteiger partial charge in [0.2, 0.25) is 0 Å². The highest BCUT2D eigenvalue weighted by atomic mass is 35.5. The van der Waals surface area contributed by atoms with Crippen molar-refractivity contribution < 1.29 is 9.18 Å². The molecule has 0 spiro atoms. The summed E-state index contributed by atoms with van der Waals surface area (Å²) in [7, 11) is 0. The fourth-order valence-corrected chi connectivity index (χ4v) is 2.51. The Kier molecular flexibility index (Phi) is 3.17. The molecular formula is C13H11ClFNO. The van der Waals surface area contributed by atoms with Gasteiger partial charge in [-0.2, -0.15) is 5.26 Å². The average Bonchev–Trinajstić information content (AvgIpc) is 2.66. The normalized spacial score (nSPS) is 23.7. The van der Waals surface area contributed by atoms with Crippen molar-refractivity contribution in [1.82, 2.24) is 0 Å². The van der Waals surface area contributed by atoms with Gasteiger partial charge in [0.1, 0.15) is 11.2 Å². The molecule has 1 atom stereocenters. The third kappa shape index (κ3) is 2.05. The number of benzene rings is 1. The molecule has 0 saturated heterocycles. The Morgan fingerprint density at radius 2 is 2.29 bits per heavy atom. The van der Waals surface area contributed by atoms with Crippen LogP contribution in [0.5, 0.6) is 0 Å². The maximum atomic E-state index is 13.6. The van der Waals surface area contributed by atoms with Crippen LogP contribution in [0.25, 0.3) is 0 Å². The maximum absolute atomic E-state index is 13.6. The van der Waals surface area contributed by atoms with Crippen LogP contribution in [0.15, 0.2) is 18.2 Å². The molecule has 2 nitrogen and oxygen atoms in total. The second-order valence-corrected chi connectivity index (χ2v) is 4.75. The maximum Gasteiger partial charge on any atom is 0.153 e. The highest BCUT2D eigenvalue weighted by Gasteiger charge is 2.43. The zero-order valence-electron chi connectivity index (χ0n) is 9.17. The van der Waals surface area contributed by atoms with Crippen molar-refractivity contribution >= 4 is 17.4 Å². The molecule has 1 unspecified atom stereocenters. The van der Waals surface area contributed by atoms with Crippen LogP contribution in [-0.4, -0.2) is 5.78 Å². The van der Waals surface area contributed by atoms with E-state index in [0.29, 0.717) is 19.3 Å². The van der Waals surface area contributed by atoms with Gasteiger partial charge in [0.25, 0.3) is 0 Å². The van der Waals surface area contributed by atoms with E-state index in [9.17, 15) is 14.4 Å². The molecule has 1 aromatic carbocycles. The fourth-order valence-electron chi connectivity index (χ4n) is 2.28. The van der Waals surface area contributed by atoms with Crippen molar-refractivity contribution in [3.05, 3.63) is 34.6 Å². The monoisotopic (exact) mass is 251 g/mol. The van der Waals surface area contributed by atoms with Crippen LogP contribution >= 0.6 is 11.6 Å². The Bertz CT molecular complexity index is 488. The van der Waals surface area contributed by atoms with E-state index < -0.39 is 11.2 Å². The lowest BCUT2D eigenvalue weighted by Crippen LogP contribution is -2.27. The first kappa shape index (κ1) is 12.1. The number of Topliss-reactive ketones (excluding diaryl/α,β-unsaturated/α-hetero) is 1. The molecule has 0 bridgehead atoms. The van der Waals surface area contributed by atoms with E-state index in [-0.39, 0.29) is 22.8 Å². The molecular weight excluding hydrogens is 241 g/mol. The predicted molar refractivity (Wildman–Crippen MR) is 62.0 cm³/mol. The number of hydrogen-bond donors (Lipinski definition) is 0. The van der Waals surface area contributed by atoms with Crippen LogP contribution in [0.3, 0.4) is 0 Å². The number of nitriles is 1. The van der Waals surface area contributed by atoms with Crippen LogP contribution < -0.4 is 0 Å². The molecule has 0 aliphatic heterocycles. The summed E-state index contributed by atoms with van der Waals surface area (Å²) in [4.78, 5) is 11.8. The van der Waals surface area contributed by atoms with Gasteiger partial charge in [-0.3, -0.25) is 4.79 Å². The average molecular weight is 252 g/mol. The number of ketones is 1. The fraction of sp³-hybridized carbons (Fsp3) is 0.385.